The van der Waals surface area contributed by atoms with Crippen molar-refractivity contribution in [1.82, 2.24) is 9.78 Å². The summed E-state index contributed by atoms with van der Waals surface area (Å²) in [4.78, 5) is 0. The molecule has 4 heteroatoms. The van der Waals surface area contributed by atoms with Crippen LogP contribution < -0.4 is 0 Å². The van der Waals surface area contributed by atoms with Gasteiger partial charge in [0.05, 0.1) is 17.3 Å². The average Bonchev–Trinajstić information content (AvgIpc) is 2.66. The highest BCUT2D eigenvalue weighted by atomic mass is 35.5. The van der Waals surface area contributed by atoms with Crippen molar-refractivity contribution in [2.45, 2.75) is 33.1 Å². The Balaban J connectivity index is 2.46. The standard InChI is InChI=1S/C15H18Cl2N2/c1-10(2)8-14-13(9-16)15(17)19(18-14)12-6-4-11(3)5-7-12/h4-7,10H,8-9H2,1-3H3. The van der Waals surface area contributed by atoms with Gasteiger partial charge in [0, 0.05) is 5.56 Å². The van der Waals surface area contributed by atoms with Gasteiger partial charge in [-0.2, -0.15) is 5.10 Å². The average molecular weight is 297 g/mol. The van der Waals surface area contributed by atoms with Crippen LogP contribution in [0.2, 0.25) is 5.15 Å². The van der Waals surface area contributed by atoms with Crippen molar-refractivity contribution >= 4 is 23.2 Å². The number of rotatable bonds is 4. The second kappa shape index (κ2) is 5.98. The summed E-state index contributed by atoms with van der Waals surface area (Å²) in [5, 5.41) is 5.24. The molecule has 0 aliphatic heterocycles. The molecule has 0 N–H and O–H groups in total. The molecule has 1 heterocycles. The van der Waals surface area contributed by atoms with E-state index in [-0.39, 0.29) is 0 Å². The number of alkyl halides is 1. The molecule has 0 bridgehead atoms. The molecule has 0 radical (unpaired) electrons. The molecule has 0 unspecified atom stereocenters. The number of hydrogen-bond acceptors (Lipinski definition) is 1. The monoisotopic (exact) mass is 296 g/mol. The third-order valence-corrected chi connectivity index (χ3v) is 3.67. The summed E-state index contributed by atoms with van der Waals surface area (Å²) < 4.78 is 1.77. The van der Waals surface area contributed by atoms with Gasteiger partial charge in [-0.15, -0.1) is 11.6 Å². The van der Waals surface area contributed by atoms with Crippen LogP contribution in [-0.2, 0) is 12.3 Å². The molecule has 0 spiro atoms. The fraction of sp³-hybridized carbons (Fsp3) is 0.400. The Morgan fingerprint density at radius 3 is 2.37 bits per heavy atom. The quantitative estimate of drug-likeness (QED) is 0.743. The first-order valence-electron chi connectivity index (χ1n) is 6.42. The summed E-state index contributed by atoms with van der Waals surface area (Å²) in [5.74, 6) is 0.923. The van der Waals surface area contributed by atoms with Crippen LogP contribution in [0.15, 0.2) is 24.3 Å². The molecular formula is C15H18Cl2N2. The summed E-state index contributed by atoms with van der Waals surface area (Å²) in [7, 11) is 0. The van der Waals surface area contributed by atoms with Crippen LogP contribution in [0.4, 0.5) is 0 Å². The summed E-state index contributed by atoms with van der Waals surface area (Å²) >= 11 is 12.4. The Morgan fingerprint density at radius 2 is 1.84 bits per heavy atom. The lowest BCUT2D eigenvalue weighted by Crippen LogP contribution is -2.00. The molecule has 19 heavy (non-hydrogen) atoms. The van der Waals surface area contributed by atoms with Gasteiger partial charge in [0.2, 0.25) is 0 Å². The highest BCUT2D eigenvalue weighted by Gasteiger charge is 2.17. The van der Waals surface area contributed by atoms with Crippen molar-refractivity contribution in [3.05, 3.63) is 46.2 Å². The van der Waals surface area contributed by atoms with E-state index < -0.39 is 0 Å². The van der Waals surface area contributed by atoms with Crippen LogP contribution in [0.1, 0.15) is 30.7 Å². The molecule has 102 valence electrons. The van der Waals surface area contributed by atoms with Gasteiger partial charge in [-0.05, 0) is 31.4 Å². The predicted octanol–water partition coefficient (Wildman–Crippen LogP) is 4.77. The van der Waals surface area contributed by atoms with Crippen molar-refractivity contribution in [3.8, 4) is 5.69 Å². The van der Waals surface area contributed by atoms with Crippen molar-refractivity contribution in [2.24, 2.45) is 5.92 Å². The molecule has 1 aromatic heterocycles. The maximum absolute atomic E-state index is 6.40. The number of nitrogens with zero attached hydrogens (tertiary/aromatic N) is 2. The maximum Gasteiger partial charge on any atom is 0.137 e. The van der Waals surface area contributed by atoms with E-state index in [9.17, 15) is 0 Å². The molecule has 0 aliphatic carbocycles. The zero-order valence-electron chi connectivity index (χ0n) is 11.5. The highest BCUT2D eigenvalue weighted by Crippen LogP contribution is 2.27. The van der Waals surface area contributed by atoms with Gasteiger partial charge >= 0.3 is 0 Å². The minimum atomic E-state index is 0.396. The minimum Gasteiger partial charge on any atom is -0.222 e. The Kier molecular flexibility index (Phi) is 4.54. The van der Waals surface area contributed by atoms with E-state index in [1.807, 2.05) is 12.1 Å². The van der Waals surface area contributed by atoms with Crippen LogP contribution in [0.25, 0.3) is 5.69 Å². The van der Waals surface area contributed by atoms with E-state index in [0.29, 0.717) is 17.0 Å². The molecule has 0 aliphatic rings. The third kappa shape index (κ3) is 3.13. The van der Waals surface area contributed by atoms with E-state index in [1.54, 1.807) is 4.68 Å². The molecule has 2 rings (SSSR count). The fourth-order valence-corrected chi connectivity index (χ4v) is 2.67. The molecule has 0 saturated heterocycles. The highest BCUT2D eigenvalue weighted by molar-refractivity contribution is 6.31. The molecule has 2 nitrogen and oxygen atoms in total. The van der Waals surface area contributed by atoms with Crippen LogP contribution >= 0.6 is 23.2 Å². The van der Waals surface area contributed by atoms with Crippen molar-refractivity contribution in [2.75, 3.05) is 0 Å². The van der Waals surface area contributed by atoms with E-state index >= 15 is 0 Å². The molecule has 0 amide bonds. The zero-order chi connectivity index (χ0) is 14.0. The normalized spacial score (nSPS) is 11.3. The lowest BCUT2D eigenvalue weighted by molar-refractivity contribution is 0.626. The molecule has 2 aromatic rings. The summed E-state index contributed by atoms with van der Waals surface area (Å²) in [6.45, 7) is 6.39. The smallest absolute Gasteiger partial charge is 0.137 e. The van der Waals surface area contributed by atoms with Crippen LogP contribution in [0, 0.1) is 12.8 Å². The second-order valence-electron chi connectivity index (χ2n) is 5.20. The maximum atomic E-state index is 6.40. The lowest BCUT2D eigenvalue weighted by Gasteiger charge is -2.03. The van der Waals surface area contributed by atoms with Crippen LogP contribution in [0.3, 0.4) is 0 Å². The number of halogens is 2. The number of aromatic nitrogens is 2. The van der Waals surface area contributed by atoms with Gasteiger partial charge < -0.3 is 0 Å². The van der Waals surface area contributed by atoms with Crippen molar-refractivity contribution in [3.63, 3.8) is 0 Å². The van der Waals surface area contributed by atoms with Gasteiger partial charge in [0.15, 0.2) is 0 Å². The first-order chi connectivity index (χ1) is 9.02. The van der Waals surface area contributed by atoms with Crippen molar-refractivity contribution < 1.29 is 0 Å². The molecule has 0 saturated carbocycles. The summed E-state index contributed by atoms with van der Waals surface area (Å²) in [6.07, 6.45) is 0.890. The lowest BCUT2D eigenvalue weighted by atomic mass is 10.1. The Bertz CT molecular complexity index is 556. The van der Waals surface area contributed by atoms with Crippen LogP contribution in [0.5, 0.6) is 0 Å². The van der Waals surface area contributed by atoms with Gasteiger partial charge in [-0.1, -0.05) is 43.1 Å². The first kappa shape index (κ1) is 14.4. The van der Waals surface area contributed by atoms with E-state index in [1.165, 1.54) is 5.56 Å². The Labute approximate surface area is 124 Å². The Hall–Kier alpha value is -0.990. The topological polar surface area (TPSA) is 17.8 Å². The van der Waals surface area contributed by atoms with Crippen molar-refractivity contribution in [1.29, 1.82) is 0 Å². The number of hydrogen-bond donors (Lipinski definition) is 0. The Morgan fingerprint density at radius 1 is 1.21 bits per heavy atom. The van der Waals surface area contributed by atoms with Crippen LogP contribution in [-0.4, -0.2) is 9.78 Å². The minimum absolute atomic E-state index is 0.396. The SMILES string of the molecule is Cc1ccc(-n2nc(CC(C)C)c(CCl)c2Cl)cc1. The van der Waals surface area contributed by atoms with Gasteiger partial charge in [-0.25, -0.2) is 4.68 Å². The fourth-order valence-electron chi connectivity index (χ4n) is 2.01. The van der Waals surface area contributed by atoms with E-state index in [0.717, 1.165) is 23.4 Å². The third-order valence-electron chi connectivity index (χ3n) is 3.02. The number of aryl methyl sites for hydroxylation is 1. The number of benzene rings is 1. The molecule has 0 atom stereocenters. The molecular weight excluding hydrogens is 279 g/mol. The zero-order valence-corrected chi connectivity index (χ0v) is 13.0. The first-order valence-corrected chi connectivity index (χ1v) is 7.33. The summed E-state index contributed by atoms with van der Waals surface area (Å²) in [6, 6.07) is 8.14. The molecule has 1 aromatic carbocycles. The van der Waals surface area contributed by atoms with E-state index in [2.05, 4.69) is 38.0 Å². The summed E-state index contributed by atoms with van der Waals surface area (Å²) in [5.41, 5.74) is 4.12. The second-order valence-corrected chi connectivity index (χ2v) is 5.82. The largest absolute Gasteiger partial charge is 0.222 e. The molecule has 0 fully saturated rings. The van der Waals surface area contributed by atoms with Gasteiger partial charge in [0.1, 0.15) is 5.15 Å². The van der Waals surface area contributed by atoms with Gasteiger partial charge in [-0.3, -0.25) is 0 Å². The van der Waals surface area contributed by atoms with E-state index in [4.69, 9.17) is 23.2 Å². The van der Waals surface area contributed by atoms with Gasteiger partial charge in [0.25, 0.3) is 0 Å². The predicted molar refractivity (Wildman–Crippen MR) is 81.4 cm³/mol.